The van der Waals surface area contributed by atoms with Gasteiger partial charge < -0.3 is 9.80 Å². The van der Waals surface area contributed by atoms with Gasteiger partial charge in [0.15, 0.2) is 0 Å². The lowest BCUT2D eigenvalue weighted by atomic mass is 10.1. The second kappa shape index (κ2) is 5.77. The highest BCUT2D eigenvalue weighted by Crippen LogP contribution is 2.21. The molecule has 0 unspecified atom stereocenters. The van der Waals surface area contributed by atoms with E-state index in [1.807, 2.05) is 6.92 Å². The van der Waals surface area contributed by atoms with E-state index >= 15 is 0 Å². The molecule has 0 spiro atoms. The number of hydrogen-bond acceptors (Lipinski definition) is 5. The van der Waals surface area contributed by atoms with Gasteiger partial charge in [0, 0.05) is 26.2 Å². The van der Waals surface area contributed by atoms with E-state index in [4.69, 9.17) is 0 Å². The highest BCUT2D eigenvalue weighted by molar-refractivity contribution is 7.15. The van der Waals surface area contributed by atoms with Gasteiger partial charge >= 0.3 is 0 Å². The average Bonchev–Trinajstić information content (AvgIpc) is 2.94. The molecule has 1 aliphatic heterocycles. The predicted octanol–water partition coefficient (Wildman–Crippen LogP) is 1.95. The van der Waals surface area contributed by atoms with Crippen LogP contribution in [0.3, 0.4) is 0 Å². The van der Waals surface area contributed by atoms with Crippen molar-refractivity contribution in [3.05, 3.63) is 40.7 Å². The van der Waals surface area contributed by atoms with Crippen LogP contribution >= 0.6 is 11.3 Å². The second-order valence-corrected chi connectivity index (χ2v) is 6.02. The molecule has 0 atom stereocenters. The van der Waals surface area contributed by atoms with E-state index < -0.39 is 5.82 Å². The minimum Gasteiger partial charge on any atom is -0.343 e. The molecule has 1 fully saturated rings. The van der Waals surface area contributed by atoms with Gasteiger partial charge in [-0.2, -0.15) is 0 Å². The average molecular weight is 306 g/mol. The number of carbonyl (C=O) groups is 1. The van der Waals surface area contributed by atoms with E-state index in [9.17, 15) is 9.18 Å². The number of halogens is 1. The van der Waals surface area contributed by atoms with Gasteiger partial charge in [0.05, 0.1) is 5.56 Å². The van der Waals surface area contributed by atoms with Crippen LogP contribution in [0.1, 0.15) is 15.4 Å². The quantitative estimate of drug-likeness (QED) is 0.851. The Kier molecular flexibility index (Phi) is 3.83. The van der Waals surface area contributed by atoms with Gasteiger partial charge in [-0.05, 0) is 19.1 Å². The van der Waals surface area contributed by atoms with Crippen LogP contribution in [0, 0.1) is 12.7 Å². The molecule has 1 amide bonds. The summed E-state index contributed by atoms with van der Waals surface area (Å²) in [7, 11) is 0. The normalized spacial score (nSPS) is 15.3. The van der Waals surface area contributed by atoms with Crippen LogP contribution in [0.25, 0.3) is 0 Å². The standard InChI is InChI=1S/C14H15FN4OS/c1-10-16-17-14(21-10)19-8-6-18(7-9-19)13(20)11-4-2-3-5-12(11)15/h2-5H,6-9H2,1H3. The predicted molar refractivity (Wildman–Crippen MR) is 79.2 cm³/mol. The molecule has 0 saturated carbocycles. The monoisotopic (exact) mass is 306 g/mol. The molecule has 0 radical (unpaired) electrons. The Balaban J connectivity index is 1.66. The maximum atomic E-state index is 13.7. The third-order valence-electron chi connectivity index (χ3n) is 3.46. The first kappa shape index (κ1) is 13.9. The maximum Gasteiger partial charge on any atom is 0.256 e. The fourth-order valence-corrected chi connectivity index (χ4v) is 3.06. The van der Waals surface area contributed by atoms with Gasteiger partial charge in [-0.25, -0.2) is 4.39 Å². The van der Waals surface area contributed by atoms with E-state index in [1.54, 1.807) is 28.4 Å². The number of rotatable bonds is 2. The zero-order chi connectivity index (χ0) is 14.8. The number of aryl methyl sites for hydroxylation is 1. The summed E-state index contributed by atoms with van der Waals surface area (Å²) >= 11 is 1.54. The third-order valence-corrected chi connectivity index (χ3v) is 4.36. The highest BCUT2D eigenvalue weighted by Gasteiger charge is 2.25. The van der Waals surface area contributed by atoms with E-state index in [2.05, 4.69) is 15.1 Å². The minimum atomic E-state index is -0.468. The Labute approximate surface area is 126 Å². The molecule has 3 rings (SSSR count). The number of hydrogen-bond donors (Lipinski definition) is 0. The molecule has 1 aliphatic rings. The molecule has 2 aromatic rings. The fourth-order valence-electron chi connectivity index (χ4n) is 2.32. The van der Waals surface area contributed by atoms with Crippen LogP contribution in [0.15, 0.2) is 24.3 Å². The first-order chi connectivity index (χ1) is 10.1. The molecule has 1 saturated heterocycles. The zero-order valence-electron chi connectivity index (χ0n) is 11.6. The van der Waals surface area contributed by atoms with Crippen LogP contribution in [0.5, 0.6) is 0 Å². The van der Waals surface area contributed by atoms with E-state index in [0.717, 1.165) is 10.1 Å². The van der Waals surface area contributed by atoms with Crippen molar-refractivity contribution in [2.45, 2.75) is 6.92 Å². The Morgan fingerprint density at radius 3 is 2.52 bits per heavy atom. The number of amides is 1. The maximum absolute atomic E-state index is 13.7. The van der Waals surface area contributed by atoms with Gasteiger partial charge in [0.25, 0.3) is 5.91 Å². The molecule has 5 nitrogen and oxygen atoms in total. The lowest BCUT2D eigenvalue weighted by Crippen LogP contribution is -2.49. The van der Waals surface area contributed by atoms with Crippen molar-refractivity contribution in [2.24, 2.45) is 0 Å². The molecule has 1 aromatic heterocycles. The number of aromatic nitrogens is 2. The number of piperazine rings is 1. The molecule has 7 heteroatoms. The van der Waals surface area contributed by atoms with Crippen molar-refractivity contribution in [1.82, 2.24) is 15.1 Å². The summed E-state index contributed by atoms with van der Waals surface area (Å²) in [5.41, 5.74) is 0.137. The summed E-state index contributed by atoms with van der Waals surface area (Å²) in [6.45, 7) is 4.42. The first-order valence-electron chi connectivity index (χ1n) is 6.74. The fraction of sp³-hybridized carbons (Fsp3) is 0.357. The third kappa shape index (κ3) is 2.87. The minimum absolute atomic E-state index is 0.137. The Morgan fingerprint density at radius 2 is 1.90 bits per heavy atom. The summed E-state index contributed by atoms with van der Waals surface area (Å²) < 4.78 is 13.7. The molecular formula is C14H15FN4OS. The van der Waals surface area contributed by atoms with E-state index in [0.29, 0.717) is 26.2 Å². The number of benzene rings is 1. The number of nitrogens with zero attached hydrogens (tertiary/aromatic N) is 4. The van der Waals surface area contributed by atoms with Crippen LogP contribution in [-0.4, -0.2) is 47.2 Å². The molecule has 2 heterocycles. The van der Waals surface area contributed by atoms with Crippen molar-refractivity contribution in [2.75, 3.05) is 31.1 Å². The Hall–Kier alpha value is -2.02. The summed E-state index contributed by atoms with van der Waals surface area (Å²) in [6, 6.07) is 6.10. The van der Waals surface area contributed by atoms with Crippen LogP contribution in [0.2, 0.25) is 0 Å². The van der Waals surface area contributed by atoms with Crippen molar-refractivity contribution >= 4 is 22.4 Å². The van der Waals surface area contributed by atoms with Crippen LogP contribution in [0.4, 0.5) is 9.52 Å². The molecule has 110 valence electrons. The lowest BCUT2D eigenvalue weighted by Gasteiger charge is -2.34. The topological polar surface area (TPSA) is 49.3 Å². The molecule has 0 N–H and O–H groups in total. The number of carbonyl (C=O) groups excluding carboxylic acids is 1. The van der Waals surface area contributed by atoms with E-state index in [1.165, 1.54) is 12.1 Å². The van der Waals surface area contributed by atoms with Gasteiger partial charge in [0.1, 0.15) is 10.8 Å². The summed E-state index contributed by atoms with van der Waals surface area (Å²) in [5, 5.41) is 9.92. The second-order valence-electron chi connectivity index (χ2n) is 4.86. The van der Waals surface area contributed by atoms with Gasteiger partial charge in [-0.3, -0.25) is 4.79 Å². The summed E-state index contributed by atoms with van der Waals surface area (Å²) in [4.78, 5) is 16.1. The molecule has 1 aromatic carbocycles. The molecule has 0 aliphatic carbocycles. The Morgan fingerprint density at radius 1 is 1.19 bits per heavy atom. The number of anilines is 1. The van der Waals surface area contributed by atoms with Crippen molar-refractivity contribution in [3.8, 4) is 0 Å². The summed E-state index contributed by atoms with van der Waals surface area (Å²) in [5.74, 6) is -0.717. The van der Waals surface area contributed by atoms with Crippen LogP contribution in [-0.2, 0) is 0 Å². The van der Waals surface area contributed by atoms with Crippen molar-refractivity contribution < 1.29 is 9.18 Å². The largest absolute Gasteiger partial charge is 0.343 e. The zero-order valence-corrected chi connectivity index (χ0v) is 12.4. The van der Waals surface area contributed by atoms with E-state index in [-0.39, 0.29) is 11.5 Å². The summed E-state index contributed by atoms with van der Waals surface area (Å²) in [6.07, 6.45) is 0. The smallest absolute Gasteiger partial charge is 0.256 e. The molecule has 0 bridgehead atoms. The lowest BCUT2D eigenvalue weighted by molar-refractivity contribution is 0.0742. The van der Waals surface area contributed by atoms with Gasteiger partial charge in [0.2, 0.25) is 5.13 Å². The molecular weight excluding hydrogens is 291 g/mol. The van der Waals surface area contributed by atoms with Gasteiger partial charge in [-0.15, -0.1) is 10.2 Å². The SMILES string of the molecule is Cc1nnc(N2CCN(C(=O)c3ccccc3F)CC2)s1. The first-order valence-corrected chi connectivity index (χ1v) is 7.55. The Bertz CT molecular complexity index is 652. The van der Waals surface area contributed by atoms with Gasteiger partial charge in [-0.1, -0.05) is 23.5 Å². The molecule has 21 heavy (non-hydrogen) atoms. The van der Waals surface area contributed by atoms with Crippen molar-refractivity contribution in [1.29, 1.82) is 0 Å². The van der Waals surface area contributed by atoms with Crippen LogP contribution < -0.4 is 4.90 Å². The highest BCUT2D eigenvalue weighted by atomic mass is 32.1. The van der Waals surface area contributed by atoms with Crippen molar-refractivity contribution in [3.63, 3.8) is 0 Å².